The SMILES string of the molecule is O=C(NCc1ccc(F)cc1)C1CN(c2ccccc2)C(=O)N1. The molecule has 1 aliphatic heterocycles. The third-order valence-corrected chi connectivity index (χ3v) is 3.67. The molecule has 0 aromatic heterocycles. The smallest absolute Gasteiger partial charge is 0.322 e. The van der Waals surface area contributed by atoms with Gasteiger partial charge in [0.15, 0.2) is 0 Å². The quantitative estimate of drug-likeness (QED) is 0.907. The van der Waals surface area contributed by atoms with Gasteiger partial charge in [-0.1, -0.05) is 30.3 Å². The van der Waals surface area contributed by atoms with Gasteiger partial charge < -0.3 is 10.6 Å². The second kappa shape index (κ2) is 6.48. The largest absolute Gasteiger partial charge is 0.350 e. The van der Waals surface area contributed by atoms with E-state index in [9.17, 15) is 14.0 Å². The van der Waals surface area contributed by atoms with Gasteiger partial charge in [-0.2, -0.15) is 0 Å². The third-order valence-electron chi connectivity index (χ3n) is 3.67. The number of halogens is 1. The van der Waals surface area contributed by atoms with Crippen LogP contribution in [0.2, 0.25) is 0 Å². The minimum Gasteiger partial charge on any atom is -0.350 e. The summed E-state index contributed by atoms with van der Waals surface area (Å²) >= 11 is 0. The lowest BCUT2D eigenvalue weighted by Gasteiger charge is -2.14. The van der Waals surface area contributed by atoms with E-state index in [1.807, 2.05) is 30.3 Å². The minimum absolute atomic E-state index is 0.263. The van der Waals surface area contributed by atoms with Crippen molar-refractivity contribution in [2.75, 3.05) is 11.4 Å². The maximum Gasteiger partial charge on any atom is 0.322 e. The van der Waals surface area contributed by atoms with Crippen molar-refractivity contribution in [3.63, 3.8) is 0 Å². The van der Waals surface area contributed by atoms with Gasteiger partial charge in [0.25, 0.3) is 0 Å². The fourth-order valence-electron chi connectivity index (χ4n) is 2.43. The van der Waals surface area contributed by atoms with Crippen molar-refractivity contribution in [3.8, 4) is 0 Å². The van der Waals surface area contributed by atoms with Crippen molar-refractivity contribution in [3.05, 3.63) is 66.0 Å². The van der Waals surface area contributed by atoms with Gasteiger partial charge >= 0.3 is 6.03 Å². The second-order valence-corrected chi connectivity index (χ2v) is 5.29. The van der Waals surface area contributed by atoms with Crippen LogP contribution >= 0.6 is 0 Å². The van der Waals surface area contributed by atoms with Crippen molar-refractivity contribution in [2.45, 2.75) is 12.6 Å². The van der Waals surface area contributed by atoms with Gasteiger partial charge in [0.05, 0.1) is 6.54 Å². The average molecular weight is 313 g/mol. The first kappa shape index (κ1) is 15.0. The number of amides is 3. The van der Waals surface area contributed by atoms with Crippen molar-refractivity contribution in [2.24, 2.45) is 0 Å². The van der Waals surface area contributed by atoms with E-state index < -0.39 is 6.04 Å². The Morgan fingerprint density at radius 3 is 2.57 bits per heavy atom. The molecule has 2 aromatic carbocycles. The van der Waals surface area contributed by atoms with Crippen molar-refractivity contribution < 1.29 is 14.0 Å². The second-order valence-electron chi connectivity index (χ2n) is 5.29. The molecule has 0 saturated carbocycles. The number of carbonyl (C=O) groups is 2. The molecule has 1 heterocycles. The summed E-state index contributed by atoms with van der Waals surface area (Å²) in [5.41, 5.74) is 1.54. The van der Waals surface area contributed by atoms with E-state index in [1.165, 1.54) is 17.0 Å². The van der Waals surface area contributed by atoms with Gasteiger partial charge in [0.2, 0.25) is 5.91 Å². The van der Waals surface area contributed by atoms with E-state index in [4.69, 9.17) is 0 Å². The first-order valence-electron chi connectivity index (χ1n) is 7.29. The van der Waals surface area contributed by atoms with Crippen LogP contribution in [0.15, 0.2) is 54.6 Å². The van der Waals surface area contributed by atoms with Crippen LogP contribution in [0.3, 0.4) is 0 Å². The van der Waals surface area contributed by atoms with Crippen LogP contribution in [0.1, 0.15) is 5.56 Å². The molecule has 1 aliphatic rings. The van der Waals surface area contributed by atoms with Crippen molar-refractivity contribution in [1.29, 1.82) is 0 Å². The average Bonchev–Trinajstić information content (AvgIpc) is 2.97. The van der Waals surface area contributed by atoms with Gasteiger partial charge in [-0.05, 0) is 29.8 Å². The number of urea groups is 1. The van der Waals surface area contributed by atoms with E-state index >= 15 is 0 Å². The molecule has 0 spiro atoms. The van der Waals surface area contributed by atoms with Crippen LogP contribution in [-0.2, 0) is 11.3 Å². The summed E-state index contributed by atoms with van der Waals surface area (Å²) in [6, 6.07) is 14.2. The van der Waals surface area contributed by atoms with Crippen molar-refractivity contribution >= 4 is 17.6 Å². The number of nitrogens with zero attached hydrogens (tertiary/aromatic N) is 1. The normalized spacial score (nSPS) is 17.0. The lowest BCUT2D eigenvalue weighted by molar-refractivity contribution is -0.122. The monoisotopic (exact) mass is 313 g/mol. The van der Waals surface area contributed by atoms with E-state index in [-0.39, 0.29) is 30.8 Å². The van der Waals surface area contributed by atoms with Crippen LogP contribution in [0.4, 0.5) is 14.9 Å². The molecule has 118 valence electrons. The molecule has 0 aliphatic carbocycles. The molecular weight excluding hydrogens is 297 g/mol. The Morgan fingerprint density at radius 2 is 1.87 bits per heavy atom. The highest BCUT2D eigenvalue weighted by atomic mass is 19.1. The Balaban J connectivity index is 1.58. The first-order valence-corrected chi connectivity index (χ1v) is 7.29. The molecule has 6 heteroatoms. The number of nitrogens with one attached hydrogen (secondary N) is 2. The number of anilines is 1. The summed E-state index contributed by atoms with van der Waals surface area (Å²) in [7, 11) is 0. The fraction of sp³-hybridized carbons (Fsp3) is 0.176. The highest BCUT2D eigenvalue weighted by Gasteiger charge is 2.34. The summed E-state index contributed by atoms with van der Waals surface area (Å²) in [5.74, 6) is -0.581. The summed E-state index contributed by atoms with van der Waals surface area (Å²) < 4.78 is 12.8. The number of carbonyl (C=O) groups excluding carboxylic acids is 2. The highest BCUT2D eigenvalue weighted by Crippen LogP contribution is 2.17. The summed E-state index contributed by atoms with van der Waals surface area (Å²) in [5, 5.41) is 5.41. The van der Waals surface area contributed by atoms with E-state index in [2.05, 4.69) is 10.6 Å². The van der Waals surface area contributed by atoms with E-state index in [0.717, 1.165) is 11.3 Å². The Morgan fingerprint density at radius 1 is 1.17 bits per heavy atom. The standard InChI is InChI=1S/C17H16FN3O2/c18-13-8-6-12(7-9-13)10-19-16(22)15-11-21(17(23)20-15)14-4-2-1-3-5-14/h1-9,15H,10-11H2,(H,19,22)(H,20,23). The molecule has 1 unspecified atom stereocenters. The summed E-state index contributed by atoms with van der Waals surface area (Å²) in [6.45, 7) is 0.564. The predicted molar refractivity (Wildman–Crippen MR) is 84.4 cm³/mol. The highest BCUT2D eigenvalue weighted by molar-refractivity contribution is 6.00. The molecule has 5 nitrogen and oxygen atoms in total. The molecule has 1 atom stereocenters. The molecule has 1 saturated heterocycles. The number of hydrogen-bond acceptors (Lipinski definition) is 2. The van der Waals surface area contributed by atoms with Crippen LogP contribution in [0, 0.1) is 5.82 Å². The minimum atomic E-state index is -0.608. The van der Waals surface area contributed by atoms with Gasteiger partial charge in [-0.25, -0.2) is 9.18 Å². The fourth-order valence-corrected chi connectivity index (χ4v) is 2.43. The predicted octanol–water partition coefficient (Wildman–Crippen LogP) is 2.04. The molecule has 0 bridgehead atoms. The molecule has 23 heavy (non-hydrogen) atoms. The van der Waals surface area contributed by atoms with Crippen molar-refractivity contribution in [1.82, 2.24) is 10.6 Å². The van der Waals surface area contributed by atoms with Crippen LogP contribution in [0.25, 0.3) is 0 Å². The van der Waals surface area contributed by atoms with Crippen LogP contribution < -0.4 is 15.5 Å². The molecule has 3 rings (SSSR count). The summed E-state index contributed by atoms with van der Waals surface area (Å²) in [4.78, 5) is 25.7. The Labute approximate surface area is 133 Å². The molecule has 2 N–H and O–H groups in total. The molecule has 3 amide bonds. The number of rotatable bonds is 4. The third kappa shape index (κ3) is 3.48. The number of para-hydroxylation sites is 1. The van der Waals surface area contributed by atoms with Crippen LogP contribution in [0.5, 0.6) is 0 Å². The maximum absolute atomic E-state index is 12.8. The summed E-state index contributed by atoms with van der Waals surface area (Å²) in [6.07, 6.45) is 0. The maximum atomic E-state index is 12.8. The van der Waals surface area contributed by atoms with E-state index in [1.54, 1.807) is 12.1 Å². The number of hydrogen-bond donors (Lipinski definition) is 2. The lowest BCUT2D eigenvalue weighted by Crippen LogP contribution is -2.42. The first-order chi connectivity index (χ1) is 11.1. The topological polar surface area (TPSA) is 61.4 Å². The van der Waals surface area contributed by atoms with E-state index in [0.29, 0.717) is 0 Å². The Hall–Kier alpha value is -2.89. The molecule has 0 radical (unpaired) electrons. The van der Waals surface area contributed by atoms with Gasteiger partial charge in [-0.3, -0.25) is 9.69 Å². The molecule has 2 aromatic rings. The van der Waals surface area contributed by atoms with Gasteiger partial charge in [0, 0.05) is 12.2 Å². The zero-order valence-corrected chi connectivity index (χ0v) is 12.3. The Kier molecular flexibility index (Phi) is 4.23. The molecular formula is C17H16FN3O2. The lowest BCUT2D eigenvalue weighted by atomic mass is 10.2. The van der Waals surface area contributed by atoms with Crippen LogP contribution in [-0.4, -0.2) is 24.5 Å². The zero-order chi connectivity index (χ0) is 16.2. The van der Waals surface area contributed by atoms with Gasteiger partial charge in [0.1, 0.15) is 11.9 Å². The number of benzene rings is 2. The molecule has 1 fully saturated rings. The Bertz CT molecular complexity index is 704. The zero-order valence-electron chi connectivity index (χ0n) is 12.3. The van der Waals surface area contributed by atoms with Gasteiger partial charge in [-0.15, -0.1) is 0 Å².